The molecular formula is C12H20N6. The van der Waals surface area contributed by atoms with Crippen LogP contribution in [0.1, 0.15) is 25.0 Å². The first-order valence-electron chi connectivity index (χ1n) is 6.35. The Hall–Kier alpha value is -1.69. The Bertz CT molecular complexity index is 472. The molecule has 6 heteroatoms. The highest BCUT2D eigenvalue weighted by atomic mass is 15.3. The normalized spacial score (nSPS) is 11.0. The molecule has 2 aromatic rings. The van der Waals surface area contributed by atoms with Crippen LogP contribution in [0.4, 0.5) is 0 Å². The van der Waals surface area contributed by atoms with Crippen LogP contribution in [-0.2, 0) is 26.6 Å². The van der Waals surface area contributed by atoms with Gasteiger partial charge in [0.1, 0.15) is 12.2 Å². The summed E-state index contributed by atoms with van der Waals surface area (Å²) in [5, 5.41) is 7.61. The van der Waals surface area contributed by atoms with Crippen LogP contribution < -0.4 is 5.32 Å². The zero-order valence-electron chi connectivity index (χ0n) is 11.0. The van der Waals surface area contributed by atoms with Crippen LogP contribution in [0.3, 0.4) is 0 Å². The van der Waals surface area contributed by atoms with Crippen LogP contribution in [0.2, 0.25) is 0 Å². The third-order valence-corrected chi connectivity index (χ3v) is 2.72. The number of imidazole rings is 1. The van der Waals surface area contributed by atoms with Crippen molar-refractivity contribution >= 4 is 0 Å². The Morgan fingerprint density at radius 1 is 1.33 bits per heavy atom. The minimum absolute atomic E-state index is 0.792. The predicted octanol–water partition coefficient (Wildman–Crippen LogP) is 0.754. The summed E-state index contributed by atoms with van der Waals surface area (Å²) in [4.78, 5) is 8.54. The van der Waals surface area contributed by atoms with E-state index in [4.69, 9.17) is 0 Å². The van der Waals surface area contributed by atoms with Crippen molar-refractivity contribution in [3.8, 4) is 0 Å². The van der Waals surface area contributed by atoms with E-state index >= 15 is 0 Å². The average Bonchev–Trinajstić information content (AvgIpc) is 2.95. The smallest absolute Gasteiger partial charge is 0.151 e. The van der Waals surface area contributed by atoms with Gasteiger partial charge in [0.25, 0.3) is 0 Å². The molecule has 0 saturated carbocycles. The maximum Gasteiger partial charge on any atom is 0.151 e. The van der Waals surface area contributed by atoms with Gasteiger partial charge in [0.05, 0.1) is 6.54 Å². The minimum atomic E-state index is 0.792. The lowest BCUT2D eigenvalue weighted by Crippen LogP contribution is -2.20. The van der Waals surface area contributed by atoms with Gasteiger partial charge in [-0.2, -0.15) is 5.10 Å². The molecule has 6 nitrogen and oxygen atoms in total. The fraction of sp³-hybridized carbons (Fsp3) is 0.583. The maximum absolute atomic E-state index is 4.35. The first-order valence-corrected chi connectivity index (χ1v) is 6.35. The number of aryl methyl sites for hydroxylation is 2. The molecule has 0 bridgehead atoms. The molecule has 0 aliphatic heterocycles. The van der Waals surface area contributed by atoms with Crippen molar-refractivity contribution in [2.24, 2.45) is 7.05 Å². The van der Waals surface area contributed by atoms with E-state index in [0.29, 0.717) is 0 Å². The summed E-state index contributed by atoms with van der Waals surface area (Å²) in [5.41, 5.74) is 0. The minimum Gasteiger partial charge on any atom is -0.334 e. The molecule has 0 spiro atoms. The van der Waals surface area contributed by atoms with Crippen LogP contribution in [0, 0.1) is 0 Å². The molecule has 0 radical (unpaired) electrons. The monoisotopic (exact) mass is 248 g/mol. The van der Waals surface area contributed by atoms with Crippen LogP contribution in [-0.4, -0.2) is 30.9 Å². The lowest BCUT2D eigenvalue weighted by Gasteiger charge is -2.06. The van der Waals surface area contributed by atoms with Gasteiger partial charge in [0.2, 0.25) is 0 Å². The molecule has 0 unspecified atom stereocenters. The number of hydrogen-bond acceptors (Lipinski definition) is 4. The lowest BCUT2D eigenvalue weighted by atomic mass is 10.4. The van der Waals surface area contributed by atoms with Crippen molar-refractivity contribution in [1.29, 1.82) is 0 Å². The largest absolute Gasteiger partial charge is 0.334 e. The van der Waals surface area contributed by atoms with Crippen molar-refractivity contribution in [2.45, 2.75) is 32.9 Å². The van der Waals surface area contributed by atoms with Crippen LogP contribution >= 0.6 is 0 Å². The summed E-state index contributed by atoms with van der Waals surface area (Å²) in [6, 6.07) is 0. The van der Waals surface area contributed by atoms with E-state index in [-0.39, 0.29) is 0 Å². The number of nitrogens with zero attached hydrogens (tertiary/aromatic N) is 5. The van der Waals surface area contributed by atoms with Gasteiger partial charge in [-0.3, -0.25) is 4.68 Å². The van der Waals surface area contributed by atoms with Crippen molar-refractivity contribution in [2.75, 3.05) is 6.54 Å². The summed E-state index contributed by atoms with van der Waals surface area (Å²) in [7, 11) is 1.88. The molecule has 1 N–H and O–H groups in total. The first-order chi connectivity index (χ1) is 8.79. The predicted molar refractivity (Wildman–Crippen MR) is 68.9 cm³/mol. The maximum atomic E-state index is 4.35. The molecule has 98 valence electrons. The summed E-state index contributed by atoms with van der Waals surface area (Å²) in [5.74, 6) is 1.97. The Kier molecular flexibility index (Phi) is 4.46. The fourth-order valence-corrected chi connectivity index (χ4v) is 1.85. The van der Waals surface area contributed by atoms with E-state index in [1.165, 1.54) is 0 Å². The summed E-state index contributed by atoms with van der Waals surface area (Å²) >= 11 is 0. The van der Waals surface area contributed by atoms with E-state index < -0.39 is 0 Å². The molecular weight excluding hydrogens is 228 g/mol. The van der Waals surface area contributed by atoms with E-state index in [9.17, 15) is 0 Å². The highest BCUT2D eigenvalue weighted by Gasteiger charge is 2.02. The molecule has 0 aromatic carbocycles. The Morgan fingerprint density at radius 2 is 2.22 bits per heavy atom. The molecule has 18 heavy (non-hydrogen) atoms. The SMILES string of the molecule is CCCn1ccnc1CNCCc1ncn(C)n1. The van der Waals surface area contributed by atoms with E-state index in [2.05, 4.69) is 31.9 Å². The van der Waals surface area contributed by atoms with Gasteiger partial charge in [-0.1, -0.05) is 6.92 Å². The topological polar surface area (TPSA) is 60.6 Å². The lowest BCUT2D eigenvalue weighted by molar-refractivity contribution is 0.584. The van der Waals surface area contributed by atoms with Crippen molar-refractivity contribution in [1.82, 2.24) is 29.6 Å². The number of aromatic nitrogens is 5. The quantitative estimate of drug-likeness (QED) is 0.735. The second-order valence-corrected chi connectivity index (χ2v) is 4.30. The highest BCUT2D eigenvalue weighted by molar-refractivity contribution is 4.92. The first kappa shape index (κ1) is 12.8. The third kappa shape index (κ3) is 3.40. The molecule has 0 aliphatic rings. The van der Waals surface area contributed by atoms with Crippen molar-refractivity contribution in [3.63, 3.8) is 0 Å². The summed E-state index contributed by atoms with van der Waals surface area (Å²) < 4.78 is 3.91. The van der Waals surface area contributed by atoms with Crippen molar-refractivity contribution < 1.29 is 0 Å². The second kappa shape index (κ2) is 6.30. The van der Waals surface area contributed by atoms with Gasteiger partial charge in [-0.15, -0.1) is 0 Å². The van der Waals surface area contributed by atoms with E-state index in [0.717, 1.165) is 44.1 Å². The Morgan fingerprint density at radius 3 is 2.94 bits per heavy atom. The molecule has 0 amide bonds. The van der Waals surface area contributed by atoms with Gasteiger partial charge in [-0.25, -0.2) is 9.97 Å². The Balaban J connectivity index is 1.73. The number of nitrogens with one attached hydrogen (secondary N) is 1. The second-order valence-electron chi connectivity index (χ2n) is 4.30. The van der Waals surface area contributed by atoms with Gasteiger partial charge in [0.15, 0.2) is 5.82 Å². The van der Waals surface area contributed by atoms with Gasteiger partial charge < -0.3 is 9.88 Å². The number of hydrogen-bond donors (Lipinski definition) is 1. The number of rotatable bonds is 7. The zero-order valence-corrected chi connectivity index (χ0v) is 11.0. The molecule has 2 rings (SSSR count). The van der Waals surface area contributed by atoms with Crippen LogP contribution in [0.25, 0.3) is 0 Å². The van der Waals surface area contributed by atoms with Gasteiger partial charge in [0, 0.05) is 39.0 Å². The third-order valence-electron chi connectivity index (χ3n) is 2.72. The van der Waals surface area contributed by atoms with E-state index in [1.54, 1.807) is 11.0 Å². The summed E-state index contributed by atoms with van der Waals surface area (Å²) in [6.07, 6.45) is 7.58. The van der Waals surface area contributed by atoms with Crippen LogP contribution in [0.15, 0.2) is 18.7 Å². The highest BCUT2D eigenvalue weighted by Crippen LogP contribution is 1.99. The molecule has 0 aliphatic carbocycles. The molecule has 0 fully saturated rings. The average molecular weight is 248 g/mol. The molecule has 0 atom stereocenters. The summed E-state index contributed by atoms with van der Waals surface area (Å²) in [6.45, 7) is 4.85. The fourth-order valence-electron chi connectivity index (χ4n) is 1.85. The Labute approximate surface area is 107 Å². The van der Waals surface area contributed by atoms with Crippen LogP contribution in [0.5, 0.6) is 0 Å². The van der Waals surface area contributed by atoms with Crippen molar-refractivity contribution in [3.05, 3.63) is 30.4 Å². The van der Waals surface area contributed by atoms with E-state index in [1.807, 2.05) is 19.4 Å². The van der Waals surface area contributed by atoms with Gasteiger partial charge in [-0.05, 0) is 6.42 Å². The van der Waals surface area contributed by atoms with Gasteiger partial charge >= 0.3 is 0 Å². The molecule has 2 heterocycles. The molecule has 2 aromatic heterocycles. The standard InChI is InChI=1S/C12H20N6/c1-3-7-18-8-6-14-12(18)9-13-5-4-11-15-10-17(2)16-11/h6,8,10,13H,3-5,7,9H2,1-2H3. The zero-order chi connectivity index (χ0) is 12.8. The molecule has 0 saturated heterocycles.